The van der Waals surface area contributed by atoms with Crippen molar-refractivity contribution in [2.24, 2.45) is 5.92 Å². The lowest BCUT2D eigenvalue weighted by atomic mass is 9.86. The van der Waals surface area contributed by atoms with Crippen LogP contribution in [0.3, 0.4) is 0 Å². The zero-order valence-electron chi connectivity index (χ0n) is 12.0. The molecule has 1 atom stereocenters. The number of amides is 3. The van der Waals surface area contributed by atoms with Gasteiger partial charge in [-0.1, -0.05) is 13.8 Å². The number of carbonyl (C=O) groups is 3. The normalized spacial score (nSPS) is 24.3. The monoisotopic (exact) mass is 283 g/mol. The molecule has 2 N–H and O–H groups in total. The smallest absolute Gasteiger partial charge is 0.324 e. The van der Waals surface area contributed by atoms with E-state index < -0.39 is 17.6 Å². The first-order chi connectivity index (χ1) is 9.28. The summed E-state index contributed by atoms with van der Waals surface area (Å²) in [5.41, 5.74) is -0.831. The maximum atomic E-state index is 12.1. The van der Waals surface area contributed by atoms with Crippen LogP contribution in [0.2, 0.25) is 0 Å². The third-order valence-electron chi connectivity index (χ3n) is 4.29. The van der Waals surface area contributed by atoms with Gasteiger partial charge in [0.15, 0.2) is 0 Å². The number of aliphatic carboxylic acids is 1. The van der Waals surface area contributed by atoms with Crippen LogP contribution in [0.5, 0.6) is 0 Å². The summed E-state index contributed by atoms with van der Waals surface area (Å²) >= 11 is 0. The van der Waals surface area contributed by atoms with E-state index in [-0.39, 0.29) is 17.9 Å². The van der Waals surface area contributed by atoms with Gasteiger partial charge in [0.05, 0.1) is 0 Å². The molecule has 0 aliphatic carbocycles. The number of carbonyl (C=O) groups excluding carboxylic acids is 2. The van der Waals surface area contributed by atoms with Gasteiger partial charge < -0.3 is 10.4 Å². The summed E-state index contributed by atoms with van der Waals surface area (Å²) < 4.78 is 0. The molecule has 2 aliphatic rings. The first kappa shape index (κ1) is 14.8. The zero-order chi connectivity index (χ0) is 15.1. The topological polar surface area (TPSA) is 89.9 Å². The van der Waals surface area contributed by atoms with Crippen molar-refractivity contribution in [2.45, 2.75) is 38.3 Å². The Morgan fingerprint density at radius 1 is 1.30 bits per heavy atom. The van der Waals surface area contributed by atoms with Gasteiger partial charge in [-0.25, -0.2) is 4.79 Å². The molecular formula is C13H21N3O4. The number of imide groups is 1. The summed E-state index contributed by atoms with van der Waals surface area (Å²) in [7, 11) is 1.47. The van der Waals surface area contributed by atoms with Crippen LogP contribution < -0.4 is 5.32 Å². The van der Waals surface area contributed by atoms with Crippen molar-refractivity contribution in [3.8, 4) is 0 Å². The highest BCUT2D eigenvalue weighted by atomic mass is 16.4. The van der Waals surface area contributed by atoms with Gasteiger partial charge in [0, 0.05) is 20.1 Å². The lowest BCUT2D eigenvalue weighted by Gasteiger charge is -2.40. The molecule has 0 aromatic rings. The highest BCUT2D eigenvalue weighted by Crippen LogP contribution is 2.30. The van der Waals surface area contributed by atoms with Crippen molar-refractivity contribution < 1.29 is 19.5 Å². The van der Waals surface area contributed by atoms with E-state index in [1.54, 1.807) is 0 Å². The number of likely N-dealkylation sites (tertiary alicyclic amines) is 1. The molecule has 1 spiro atoms. The Bertz CT molecular complexity index is 441. The van der Waals surface area contributed by atoms with Crippen LogP contribution in [0.1, 0.15) is 26.7 Å². The number of hydrogen-bond acceptors (Lipinski definition) is 4. The molecule has 7 nitrogen and oxygen atoms in total. The Morgan fingerprint density at radius 2 is 1.85 bits per heavy atom. The standard InChI is InChI=1S/C13H21N3O4/c1-8(2)9(10(17)18)16-6-4-13(5-7-16)11(19)15(3)12(20)14-13/h8-9H,4-7H2,1-3H3,(H,14,20)(H,17,18). The van der Waals surface area contributed by atoms with Gasteiger partial charge in [-0.3, -0.25) is 19.4 Å². The number of carboxylic acid groups (broad SMARTS) is 1. The summed E-state index contributed by atoms with van der Waals surface area (Å²) in [6.45, 7) is 4.74. The van der Waals surface area contributed by atoms with Crippen LogP contribution in [-0.2, 0) is 9.59 Å². The summed E-state index contributed by atoms with van der Waals surface area (Å²) in [5, 5.41) is 12.1. The Balaban J connectivity index is 2.08. The highest BCUT2D eigenvalue weighted by molar-refractivity contribution is 6.06. The van der Waals surface area contributed by atoms with Gasteiger partial charge in [-0.15, -0.1) is 0 Å². The number of rotatable bonds is 3. The molecule has 112 valence electrons. The molecule has 2 rings (SSSR count). The van der Waals surface area contributed by atoms with E-state index in [0.29, 0.717) is 25.9 Å². The lowest BCUT2D eigenvalue weighted by molar-refractivity contribution is -0.146. The minimum Gasteiger partial charge on any atom is -0.480 e. The minimum atomic E-state index is -0.838. The highest BCUT2D eigenvalue weighted by Gasteiger charge is 2.51. The van der Waals surface area contributed by atoms with E-state index in [0.717, 1.165) is 4.90 Å². The van der Waals surface area contributed by atoms with E-state index in [4.69, 9.17) is 0 Å². The molecule has 2 saturated heterocycles. The van der Waals surface area contributed by atoms with Crippen molar-refractivity contribution >= 4 is 17.9 Å². The predicted molar refractivity (Wildman–Crippen MR) is 71.1 cm³/mol. The van der Waals surface area contributed by atoms with Gasteiger partial charge >= 0.3 is 12.0 Å². The van der Waals surface area contributed by atoms with Crippen molar-refractivity contribution in [3.63, 3.8) is 0 Å². The summed E-state index contributed by atoms with van der Waals surface area (Å²) in [6.07, 6.45) is 0.914. The van der Waals surface area contributed by atoms with Crippen LogP contribution in [0, 0.1) is 5.92 Å². The third kappa shape index (κ3) is 2.26. The predicted octanol–water partition coefficient (Wildman–Crippen LogP) is 0.112. The van der Waals surface area contributed by atoms with Crippen molar-refractivity contribution in [3.05, 3.63) is 0 Å². The quantitative estimate of drug-likeness (QED) is 0.718. The third-order valence-corrected chi connectivity index (χ3v) is 4.29. The number of nitrogens with one attached hydrogen (secondary N) is 1. The molecule has 0 aromatic heterocycles. The van der Waals surface area contributed by atoms with Crippen molar-refractivity contribution in [2.75, 3.05) is 20.1 Å². The molecule has 2 heterocycles. The maximum Gasteiger partial charge on any atom is 0.324 e. The number of urea groups is 1. The fourth-order valence-corrected chi connectivity index (χ4v) is 3.14. The van der Waals surface area contributed by atoms with Crippen LogP contribution in [0.25, 0.3) is 0 Å². The Morgan fingerprint density at radius 3 is 2.20 bits per heavy atom. The SMILES string of the molecule is CC(C)C(C(=O)O)N1CCC2(CC1)NC(=O)N(C)C2=O. The molecule has 7 heteroatoms. The molecule has 2 aliphatic heterocycles. The molecule has 0 bridgehead atoms. The van der Waals surface area contributed by atoms with Gasteiger partial charge in [-0.2, -0.15) is 0 Å². The molecule has 3 amide bonds. The van der Waals surface area contributed by atoms with Crippen LogP contribution >= 0.6 is 0 Å². The second kappa shape index (κ2) is 5.05. The number of hydrogen-bond donors (Lipinski definition) is 2. The first-order valence-corrected chi connectivity index (χ1v) is 6.85. The second-order valence-corrected chi connectivity index (χ2v) is 5.94. The average Bonchev–Trinajstić information content (AvgIpc) is 2.57. The Hall–Kier alpha value is -1.63. The number of piperidine rings is 1. The molecular weight excluding hydrogens is 262 g/mol. The zero-order valence-corrected chi connectivity index (χ0v) is 12.0. The molecule has 2 fully saturated rings. The van der Waals surface area contributed by atoms with E-state index in [9.17, 15) is 19.5 Å². The van der Waals surface area contributed by atoms with E-state index in [1.165, 1.54) is 7.05 Å². The van der Waals surface area contributed by atoms with Gasteiger partial charge in [0.1, 0.15) is 11.6 Å². The largest absolute Gasteiger partial charge is 0.480 e. The van der Waals surface area contributed by atoms with E-state index in [1.807, 2.05) is 18.7 Å². The molecule has 1 unspecified atom stereocenters. The van der Waals surface area contributed by atoms with Crippen LogP contribution in [-0.4, -0.2) is 64.5 Å². The Kier molecular flexibility index (Phi) is 3.73. The first-order valence-electron chi connectivity index (χ1n) is 6.85. The molecule has 0 saturated carbocycles. The minimum absolute atomic E-state index is 0.00176. The van der Waals surface area contributed by atoms with Crippen molar-refractivity contribution in [1.82, 2.24) is 15.1 Å². The summed E-state index contributed by atoms with van der Waals surface area (Å²) in [6, 6.07) is -0.917. The van der Waals surface area contributed by atoms with Gasteiger partial charge in [0.25, 0.3) is 5.91 Å². The fraction of sp³-hybridized carbons (Fsp3) is 0.769. The molecule has 0 aromatic carbocycles. The van der Waals surface area contributed by atoms with Crippen LogP contribution in [0.15, 0.2) is 0 Å². The molecule has 20 heavy (non-hydrogen) atoms. The lowest BCUT2D eigenvalue weighted by Crippen LogP contribution is -2.58. The number of likely N-dealkylation sites (N-methyl/N-ethyl adjacent to an activating group) is 1. The average molecular weight is 283 g/mol. The summed E-state index contributed by atoms with van der Waals surface area (Å²) in [4.78, 5) is 38.0. The van der Waals surface area contributed by atoms with Crippen molar-refractivity contribution in [1.29, 1.82) is 0 Å². The summed E-state index contributed by atoms with van der Waals surface area (Å²) in [5.74, 6) is -1.05. The van der Waals surface area contributed by atoms with E-state index >= 15 is 0 Å². The molecule has 0 radical (unpaired) electrons. The van der Waals surface area contributed by atoms with Crippen LogP contribution in [0.4, 0.5) is 4.79 Å². The van der Waals surface area contributed by atoms with Gasteiger partial charge in [-0.05, 0) is 18.8 Å². The Labute approximate surface area is 117 Å². The number of carboxylic acids is 1. The fourth-order valence-electron chi connectivity index (χ4n) is 3.14. The maximum absolute atomic E-state index is 12.1. The van der Waals surface area contributed by atoms with Gasteiger partial charge in [0.2, 0.25) is 0 Å². The second-order valence-electron chi connectivity index (χ2n) is 5.94. The van der Waals surface area contributed by atoms with E-state index in [2.05, 4.69) is 5.32 Å². The number of nitrogens with zero attached hydrogens (tertiary/aromatic N) is 2.